The highest BCUT2D eigenvalue weighted by Gasteiger charge is 2.24. The van der Waals surface area contributed by atoms with Crippen LogP contribution in [0.15, 0.2) is 29.3 Å². The minimum absolute atomic E-state index is 0.0754. The van der Waals surface area contributed by atoms with E-state index in [9.17, 15) is 4.79 Å². The molecule has 0 N–H and O–H groups in total. The lowest BCUT2D eigenvalue weighted by molar-refractivity contribution is -0.119. The van der Waals surface area contributed by atoms with Gasteiger partial charge in [-0.25, -0.2) is 9.97 Å². The quantitative estimate of drug-likeness (QED) is 0.784. The Balaban J connectivity index is 1.97. The Morgan fingerprint density at radius 1 is 1.21 bits per heavy atom. The van der Waals surface area contributed by atoms with E-state index in [1.807, 2.05) is 31.2 Å². The second-order valence-corrected chi connectivity index (χ2v) is 6.10. The van der Waals surface area contributed by atoms with Gasteiger partial charge >= 0.3 is 0 Å². The standard InChI is InChI=1S/C15H16N2OS/c1-10-16-12-7-3-2-6-11(12)15(17-10)19-14-9-5-4-8-13(14)18/h2-3,6-7,14H,4-5,8-9H2,1H3/t14-/m1/s1. The van der Waals surface area contributed by atoms with Gasteiger partial charge in [0.15, 0.2) is 0 Å². The van der Waals surface area contributed by atoms with E-state index in [1.165, 1.54) is 0 Å². The zero-order chi connectivity index (χ0) is 13.2. The minimum atomic E-state index is 0.0754. The Morgan fingerprint density at radius 2 is 2.05 bits per heavy atom. The van der Waals surface area contributed by atoms with Crippen LogP contribution < -0.4 is 0 Å². The molecule has 0 spiro atoms. The normalized spacial score (nSPS) is 19.8. The predicted octanol–water partition coefficient (Wildman–Crippen LogP) is 3.54. The molecule has 0 radical (unpaired) electrons. The molecule has 19 heavy (non-hydrogen) atoms. The van der Waals surface area contributed by atoms with Crippen LogP contribution in [0.4, 0.5) is 0 Å². The Kier molecular flexibility index (Phi) is 3.51. The van der Waals surface area contributed by atoms with Crippen LogP contribution in [0.2, 0.25) is 0 Å². The number of benzene rings is 1. The van der Waals surface area contributed by atoms with Gasteiger partial charge < -0.3 is 0 Å². The minimum Gasteiger partial charge on any atom is -0.298 e. The summed E-state index contributed by atoms with van der Waals surface area (Å²) in [6.07, 6.45) is 3.88. The summed E-state index contributed by atoms with van der Waals surface area (Å²) in [5.41, 5.74) is 0.959. The van der Waals surface area contributed by atoms with Crippen molar-refractivity contribution in [3.8, 4) is 0 Å². The summed E-state index contributed by atoms with van der Waals surface area (Å²) in [6.45, 7) is 1.90. The molecule has 4 heteroatoms. The summed E-state index contributed by atoms with van der Waals surface area (Å²) < 4.78 is 0. The van der Waals surface area contributed by atoms with Gasteiger partial charge in [0.05, 0.1) is 10.8 Å². The second kappa shape index (κ2) is 5.29. The first-order valence-corrected chi connectivity index (χ1v) is 7.55. The molecule has 1 fully saturated rings. The van der Waals surface area contributed by atoms with Gasteiger partial charge in [0.1, 0.15) is 16.6 Å². The molecule has 1 aliphatic carbocycles. The SMILES string of the molecule is Cc1nc(S[C@@H]2CCCCC2=O)c2ccccc2n1. The molecule has 0 amide bonds. The van der Waals surface area contributed by atoms with Gasteiger partial charge in [-0.3, -0.25) is 4.79 Å². The topological polar surface area (TPSA) is 42.9 Å². The number of ketones is 1. The van der Waals surface area contributed by atoms with Crippen LogP contribution in [0.5, 0.6) is 0 Å². The molecule has 1 saturated carbocycles. The van der Waals surface area contributed by atoms with Crippen LogP contribution in [-0.4, -0.2) is 21.0 Å². The fourth-order valence-corrected chi connectivity index (χ4v) is 3.75. The van der Waals surface area contributed by atoms with Crippen molar-refractivity contribution in [3.63, 3.8) is 0 Å². The molecule has 1 aliphatic rings. The van der Waals surface area contributed by atoms with Crippen LogP contribution in [0, 0.1) is 6.92 Å². The van der Waals surface area contributed by atoms with E-state index in [-0.39, 0.29) is 5.25 Å². The largest absolute Gasteiger partial charge is 0.298 e. The van der Waals surface area contributed by atoms with Crippen molar-refractivity contribution in [1.29, 1.82) is 0 Å². The van der Waals surface area contributed by atoms with Gasteiger partial charge in [-0.1, -0.05) is 36.4 Å². The van der Waals surface area contributed by atoms with E-state index in [2.05, 4.69) is 9.97 Å². The summed E-state index contributed by atoms with van der Waals surface area (Å²) in [5.74, 6) is 1.14. The Morgan fingerprint density at radius 3 is 2.89 bits per heavy atom. The summed E-state index contributed by atoms with van der Waals surface area (Å²) in [5, 5.41) is 2.08. The number of nitrogens with zero attached hydrogens (tertiary/aromatic N) is 2. The molecule has 1 atom stereocenters. The van der Waals surface area contributed by atoms with Crippen molar-refractivity contribution in [2.24, 2.45) is 0 Å². The van der Waals surface area contributed by atoms with E-state index in [0.717, 1.165) is 47.4 Å². The molecule has 1 aromatic heterocycles. The highest BCUT2D eigenvalue weighted by molar-refractivity contribution is 8.00. The highest BCUT2D eigenvalue weighted by Crippen LogP contribution is 2.34. The molecule has 3 rings (SSSR count). The smallest absolute Gasteiger partial charge is 0.146 e. The molecular formula is C15H16N2OS. The van der Waals surface area contributed by atoms with Crippen molar-refractivity contribution >= 4 is 28.4 Å². The summed E-state index contributed by atoms with van der Waals surface area (Å²) in [6, 6.07) is 8.00. The average Bonchev–Trinajstić information content (AvgIpc) is 2.41. The number of para-hydroxylation sites is 1. The number of rotatable bonds is 2. The molecule has 0 unspecified atom stereocenters. The molecular weight excluding hydrogens is 256 g/mol. The third kappa shape index (κ3) is 2.63. The maximum Gasteiger partial charge on any atom is 0.146 e. The van der Waals surface area contributed by atoms with Crippen molar-refractivity contribution in [2.45, 2.75) is 42.9 Å². The summed E-state index contributed by atoms with van der Waals surface area (Å²) in [4.78, 5) is 20.9. The first-order valence-electron chi connectivity index (χ1n) is 6.67. The molecule has 1 heterocycles. The first kappa shape index (κ1) is 12.6. The van der Waals surface area contributed by atoms with Gasteiger partial charge in [-0.15, -0.1) is 0 Å². The number of hydrogen-bond donors (Lipinski definition) is 0. The van der Waals surface area contributed by atoms with Crippen LogP contribution in [0.25, 0.3) is 10.9 Å². The zero-order valence-electron chi connectivity index (χ0n) is 10.9. The van der Waals surface area contributed by atoms with E-state index >= 15 is 0 Å². The van der Waals surface area contributed by atoms with Gasteiger partial charge in [-0.2, -0.15) is 0 Å². The summed E-state index contributed by atoms with van der Waals surface area (Å²) in [7, 11) is 0. The van der Waals surface area contributed by atoms with Crippen LogP contribution in [-0.2, 0) is 4.79 Å². The van der Waals surface area contributed by atoms with E-state index in [0.29, 0.717) is 5.78 Å². The third-order valence-corrected chi connectivity index (χ3v) is 4.75. The number of thioether (sulfide) groups is 1. The fourth-order valence-electron chi connectivity index (χ4n) is 2.46. The lowest BCUT2D eigenvalue weighted by Crippen LogP contribution is -2.21. The fraction of sp³-hybridized carbons (Fsp3) is 0.400. The highest BCUT2D eigenvalue weighted by atomic mass is 32.2. The van der Waals surface area contributed by atoms with Crippen molar-refractivity contribution in [3.05, 3.63) is 30.1 Å². The number of fused-ring (bicyclic) bond motifs is 1. The monoisotopic (exact) mass is 272 g/mol. The number of hydrogen-bond acceptors (Lipinski definition) is 4. The predicted molar refractivity (Wildman–Crippen MR) is 77.4 cm³/mol. The molecule has 1 aromatic carbocycles. The average molecular weight is 272 g/mol. The van der Waals surface area contributed by atoms with Gasteiger partial charge in [0, 0.05) is 11.8 Å². The van der Waals surface area contributed by atoms with Crippen LogP contribution in [0.1, 0.15) is 31.5 Å². The number of carbonyl (C=O) groups excluding carboxylic acids is 1. The summed E-state index contributed by atoms with van der Waals surface area (Å²) >= 11 is 1.62. The van der Waals surface area contributed by atoms with Gasteiger partial charge in [0.2, 0.25) is 0 Å². The van der Waals surface area contributed by atoms with Crippen LogP contribution in [0.3, 0.4) is 0 Å². The van der Waals surface area contributed by atoms with E-state index in [4.69, 9.17) is 0 Å². The van der Waals surface area contributed by atoms with Crippen LogP contribution >= 0.6 is 11.8 Å². The van der Waals surface area contributed by atoms with E-state index in [1.54, 1.807) is 11.8 Å². The number of Topliss-reactive ketones (excluding diaryl/α,β-unsaturated/α-hetero) is 1. The molecule has 98 valence electrons. The number of aromatic nitrogens is 2. The lowest BCUT2D eigenvalue weighted by Gasteiger charge is -2.20. The lowest BCUT2D eigenvalue weighted by atomic mass is 9.99. The molecule has 0 saturated heterocycles. The molecule has 0 aliphatic heterocycles. The second-order valence-electron chi connectivity index (χ2n) is 4.91. The number of carbonyl (C=O) groups is 1. The zero-order valence-corrected chi connectivity index (χ0v) is 11.7. The first-order chi connectivity index (χ1) is 9.24. The Hall–Kier alpha value is -1.42. The maximum atomic E-state index is 12.0. The van der Waals surface area contributed by atoms with Crippen molar-refractivity contribution in [1.82, 2.24) is 9.97 Å². The van der Waals surface area contributed by atoms with E-state index < -0.39 is 0 Å². The number of aryl methyl sites for hydroxylation is 1. The molecule has 2 aromatic rings. The van der Waals surface area contributed by atoms with Crippen molar-refractivity contribution in [2.75, 3.05) is 0 Å². The molecule has 3 nitrogen and oxygen atoms in total. The van der Waals surface area contributed by atoms with Crippen molar-refractivity contribution < 1.29 is 4.79 Å². The Labute approximate surface area is 116 Å². The van der Waals surface area contributed by atoms with Gasteiger partial charge in [0.25, 0.3) is 0 Å². The Bertz CT molecular complexity index is 627. The van der Waals surface area contributed by atoms with Gasteiger partial charge in [-0.05, 0) is 25.8 Å². The third-order valence-electron chi connectivity index (χ3n) is 3.43. The maximum absolute atomic E-state index is 12.0. The molecule has 0 bridgehead atoms.